The Hall–Kier alpha value is -0.410. The molecule has 108 valence electrons. The molecule has 2 N–H and O–H groups in total. The first-order valence-corrected chi connectivity index (χ1v) is 7.96. The van der Waals surface area contributed by atoms with Crippen molar-refractivity contribution in [1.29, 1.82) is 0 Å². The smallest absolute Gasteiger partial charge is 0.327 e. The molecule has 1 atom stereocenters. The Morgan fingerprint density at radius 3 is 2.26 bits per heavy atom. The lowest BCUT2D eigenvalue weighted by Gasteiger charge is -2.45. The normalized spacial score (nSPS) is 29.5. The second-order valence-electron chi connectivity index (χ2n) is 5.83. The summed E-state index contributed by atoms with van der Waals surface area (Å²) in [5.74, 6) is -2.35. The third-order valence-corrected chi connectivity index (χ3v) is 5.81. The Morgan fingerprint density at radius 2 is 1.84 bits per heavy atom. The highest BCUT2D eigenvalue weighted by Crippen LogP contribution is 2.42. The van der Waals surface area contributed by atoms with Crippen molar-refractivity contribution in [3.05, 3.63) is 0 Å². The lowest BCUT2D eigenvalue weighted by atomic mass is 9.86. The van der Waals surface area contributed by atoms with Crippen molar-refractivity contribution in [2.75, 3.05) is 44.2 Å². The molecular formula is C12H20IN2O4+. The molecule has 2 saturated heterocycles. The third kappa shape index (κ3) is 2.36. The number of nitrogens with zero attached hydrogens (tertiary/aromatic N) is 2. The van der Waals surface area contributed by atoms with Crippen LogP contribution in [-0.4, -0.2) is 81.8 Å². The minimum absolute atomic E-state index is 0.140. The van der Waals surface area contributed by atoms with E-state index >= 15 is 0 Å². The molecule has 6 nitrogen and oxygen atoms in total. The number of carboxylic acid groups (broad SMARTS) is 2. The molecule has 1 spiro atoms. The van der Waals surface area contributed by atoms with Gasteiger partial charge in [0.1, 0.15) is 12.6 Å². The van der Waals surface area contributed by atoms with E-state index < -0.39 is 17.4 Å². The maximum atomic E-state index is 11.5. The van der Waals surface area contributed by atoms with Gasteiger partial charge < -0.3 is 14.7 Å². The molecule has 0 bridgehead atoms. The van der Waals surface area contributed by atoms with Crippen LogP contribution in [-0.2, 0) is 9.59 Å². The molecular weight excluding hydrogens is 363 g/mol. The van der Waals surface area contributed by atoms with Gasteiger partial charge in [-0.1, -0.05) is 22.6 Å². The summed E-state index contributed by atoms with van der Waals surface area (Å²) in [6.45, 7) is 3.75. The maximum absolute atomic E-state index is 11.5. The summed E-state index contributed by atoms with van der Waals surface area (Å²) in [7, 11) is 2.05. The van der Waals surface area contributed by atoms with Crippen LogP contribution in [0, 0.1) is 5.41 Å². The van der Waals surface area contributed by atoms with Gasteiger partial charge in [-0.2, -0.15) is 0 Å². The van der Waals surface area contributed by atoms with Crippen LogP contribution in [0.4, 0.5) is 0 Å². The highest BCUT2D eigenvalue weighted by Gasteiger charge is 2.63. The Bertz CT molecular complexity index is 379. The second-order valence-corrected chi connectivity index (χ2v) is 6.71. The second kappa shape index (κ2) is 5.17. The van der Waals surface area contributed by atoms with Crippen LogP contribution in [0.2, 0.25) is 0 Å². The van der Waals surface area contributed by atoms with Crippen molar-refractivity contribution in [2.24, 2.45) is 5.41 Å². The molecule has 0 radical (unpaired) electrons. The van der Waals surface area contributed by atoms with Gasteiger partial charge in [0.25, 0.3) is 0 Å². The molecule has 0 aromatic heterocycles. The van der Waals surface area contributed by atoms with E-state index in [9.17, 15) is 19.8 Å². The van der Waals surface area contributed by atoms with Crippen LogP contribution in [0.25, 0.3) is 0 Å². The molecule has 2 heterocycles. The van der Waals surface area contributed by atoms with Gasteiger partial charge in [-0.05, 0) is 7.05 Å². The molecule has 1 unspecified atom stereocenters. The van der Waals surface area contributed by atoms with Crippen LogP contribution in [0.3, 0.4) is 0 Å². The number of likely N-dealkylation sites (N-methyl/N-ethyl adjacent to an activating group) is 1. The quantitative estimate of drug-likeness (QED) is 0.313. The molecule has 19 heavy (non-hydrogen) atoms. The molecule has 0 aromatic carbocycles. The predicted octanol–water partition coefficient (Wildman–Crippen LogP) is 0.112. The number of carbonyl (C=O) groups is 2. The molecule has 0 saturated carbocycles. The average Bonchev–Trinajstić information content (AvgIpc) is 2.69. The summed E-state index contributed by atoms with van der Waals surface area (Å²) in [5, 5.41) is 18.8. The summed E-state index contributed by atoms with van der Waals surface area (Å²) in [5.41, 5.74) is -1.59. The van der Waals surface area contributed by atoms with Crippen molar-refractivity contribution in [3.8, 4) is 0 Å². The first kappa shape index (κ1) is 15.0. The topological polar surface area (TPSA) is 77.8 Å². The molecule has 7 heteroatoms. The van der Waals surface area contributed by atoms with Crippen LogP contribution < -0.4 is 0 Å². The highest BCUT2D eigenvalue weighted by molar-refractivity contribution is 14.1. The summed E-state index contributed by atoms with van der Waals surface area (Å²) in [6.07, 6.45) is 0.254. The lowest BCUT2D eigenvalue weighted by Crippen LogP contribution is -2.62. The van der Waals surface area contributed by atoms with Crippen molar-refractivity contribution in [3.63, 3.8) is 0 Å². The number of aliphatic carboxylic acids is 2. The predicted molar refractivity (Wildman–Crippen MR) is 77.4 cm³/mol. The van der Waals surface area contributed by atoms with Crippen molar-refractivity contribution in [1.82, 2.24) is 4.90 Å². The molecule has 0 aromatic rings. The SMILES string of the molecule is CN1CC[N+]2(CC1)CC(C(=O)O)(C(=O)O)CC2CI. The van der Waals surface area contributed by atoms with Gasteiger partial charge in [-0.25, -0.2) is 0 Å². The Labute approximate surface area is 126 Å². The van der Waals surface area contributed by atoms with E-state index in [1.165, 1.54) is 0 Å². The first-order valence-electron chi connectivity index (χ1n) is 6.43. The van der Waals surface area contributed by atoms with Gasteiger partial charge in [0.15, 0.2) is 0 Å². The molecule has 0 aliphatic carbocycles. The van der Waals surface area contributed by atoms with E-state index in [2.05, 4.69) is 27.5 Å². The third-order valence-electron chi connectivity index (χ3n) is 4.79. The number of piperazine rings is 1. The first-order chi connectivity index (χ1) is 8.86. The fourth-order valence-corrected chi connectivity index (χ4v) is 4.56. The summed E-state index contributed by atoms with van der Waals surface area (Å²) in [6, 6.07) is 0.140. The number of halogens is 1. The molecule has 0 amide bonds. The van der Waals surface area contributed by atoms with Gasteiger partial charge in [-0.15, -0.1) is 0 Å². The van der Waals surface area contributed by atoms with E-state index in [-0.39, 0.29) is 19.0 Å². The molecule has 2 rings (SSSR count). The van der Waals surface area contributed by atoms with Crippen LogP contribution in [0.5, 0.6) is 0 Å². The monoisotopic (exact) mass is 383 g/mol. The number of hydrogen-bond donors (Lipinski definition) is 2. The number of alkyl halides is 1. The van der Waals surface area contributed by atoms with E-state index in [4.69, 9.17) is 0 Å². The van der Waals surface area contributed by atoms with Crippen LogP contribution >= 0.6 is 22.6 Å². The zero-order valence-corrected chi connectivity index (χ0v) is 13.2. The lowest BCUT2D eigenvalue weighted by molar-refractivity contribution is -0.941. The van der Waals surface area contributed by atoms with Gasteiger partial charge in [0.2, 0.25) is 5.41 Å². The Kier molecular flexibility index (Phi) is 4.08. The standard InChI is InChI=1S/C12H19IN2O4/c1-14-2-4-15(5-3-14)8-12(10(16)17,11(18)19)6-9(15)7-13/h9H,2-8H2,1H3,(H-,16,17,18,19)/p+1. The van der Waals surface area contributed by atoms with Crippen LogP contribution in [0.1, 0.15) is 6.42 Å². The van der Waals surface area contributed by atoms with Crippen molar-refractivity contribution >= 4 is 34.5 Å². The number of rotatable bonds is 3. The van der Waals surface area contributed by atoms with Gasteiger partial charge >= 0.3 is 11.9 Å². The van der Waals surface area contributed by atoms with Gasteiger partial charge in [0.05, 0.1) is 17.5 Å². The average molecular weight is 383 g/mol. The van der Waals surface area contributed by atoms with E-state index in [0.717, 1.165) is 30.6 Å². The number of carboxylic acids is 2. The van der Waals surface area contributed by atoms with E-state index in [0.29, 0.717) is 4.48 Å². The van der Waals surface area contributed by atoms with Crippen molar-refractivity contribution < 1.29 is 24.3 Å². The van der Waals surface area contributed by atoms with Crippen molar-refractivity contribution in [2.45, 2.75) is 12.5 Å². The summed E-state index contributed by atoms with van der Waals surface area (Å²) in [4.78, 5) is 25.2. The van der Waals surface area contributed by atoms with Gasteiger partial charge in [0, 0.05) is 19.5 Å². The highest BCUT2D eigenvalue weighted by atomic mass is 127. The minimum atomic E-state index is -1.59. The Morgan fingerprint density at radius 1 is 1.32 bits per heavy atom. The largest absolute Gasteiger partial charge is 0.480 e. The molecule has 2 fully saturated rings. The Balaban J connectivity index is 2.31. The minimum Gasteiger partial charge on any atom is -0.480 e. The fraction of sp³-hybridized carbons (Fsp3) is 0.833. The summed E-state index contributed by atoms with van der Waals surface area (Å²) < 4.78 is 1.47. The maximum Gasteiger partial charge on any atom is 0.327 e. The number of hydrogen-bond acceptors (Lipinski definition) is 3. The molecule has 2 aliphatic heterocycles. The van der Waals surface area contributed by atoms with Gasteiger partial charge in [-0.3, -0.25) is 14.5 Å². The van der Waals surface area contributed by atoms with E-state index in [1.54, 1.807) is 0 Å². The zero-order valence-electron chi connectivity index (χ0n) is 11.0. The zero-order chi connectivity index (χ0) is 14.3. The number of quaternary nitrogens is 1. The fourth-order valence-electron chi connectivity index (χ4n) is 3.42. The van der Waals surface area contributed by atoms with E-state index in [1.807, 2.05) is 7.05 Å². The molecule has 2 aliphatic rings. The summed E-state index contributed by atoms with van der Waals surface area (Å²) >= 11 is 2.26. The van der Waals surface area contributed by atoms with Crippen LogP contribution in [0.15, 0.2) is 0 Å².